The summed E-state index contributed by atoms with van der Waals surface area (Å²) < 4.78 is 47.7. The minimum atomic E-state index is -4.59. The molecule has 134 valence electrons. The molecule has 1 aliphatic heterocycles. The van der Waals surface area contributed by atoms with Gasteiger partial charge in [0.2, 0.25) is 15.7 Å². The number of likely N-dealkylation sites (tertiary alicyclic amines) is 1. The largest absolute Gasteiger partial charge is 0.342 e. The van der Waals surface area contributed by atoms with E-state index in [4.69, 9.17) is 0 Å². The molecule has 1 aromatic carbocycles. The maximum Gasteiger partial charge on any atom is 0.341 e. The molecule has 0 spiro atoms. The normalized spacial score (nSPS) is 16.6. The first-order valence-electron chi connectivity index (χ1n) is 7.88. The molecule has 1 saturated heterocycles. The van der Waals surface area contributed by atoms with Gasteiger partial charge in [-0.3, -0.25) is 4.79 Å². The van der Waals surface area contributed by atoms with Gasteiger partial charge in [-0.25, -0.2) is 8.42 Å². The van der Waals surface area contributed by atoms with Crippen LogP contribution in [-0.4, -0.2) is 51.7 Å². The standard InChI is InChI=1S/C16H22F2N2O3S/c1-19-11-13-6-8-20(9-7-13)15(21)10-12-2-4-14(5-3-12)24(22,23)16(17)18/h2-5,13,16,19H,6-11H2,1H3. The summed E-state index contributed by atoms with van der Waals surface area (Å²) >= 11 is 0. The number of hydrogen-bond acceptors (Lipinski definition) is 4. The Bertz CT molecular complexity index is 654. The fourth-order valence-corrected chi connectivity index (χ4v) is 3.58. The highest BCUT2D eigenvalue weighted by molar-refractivity contribution is 7.91. The number of nitrogens with one attached hydrogen (secondary N) is 1. The highest BCUT2D eigenvalue weighted by Crippen LogP contribution is 2.20. The first-order valence-corrected chi connectivity index (χ1v) is 9.42. The second-order valence-electron chi connectivity index (χ2n) is 6.01. The molecule has 1 amide bonds. The van der Waals surface area contributed by atoms with E-state index in [1.54, 1.807) is 4.90 Å². The van der Waals surface area contributed by atoms with Crippen LogP contribution < -0.4 is 5.32 Å². The Morgan fingerprint density at radius 2 is 1.83 bits per heavy atom. The predicted molar refractivity (Wildman–Crippen MR) is 86.6 cm³/mol. The summed E-state index contributed by atoms with van der Waals surface area (Å²) in [6, 6.07) is 5.09. The Morgan fingerprint density at radius 1 is 1.25 bits per heavy atom. The molecule has 8 heteroatoms. The lowest BCUT2D eigenvalue weighted by atomic mass is 9.96. The summed E-state index contributed by atoms with van der Waals surface area (Å²) in [5.41, 5.74) is 0.616. The van der Waals surface area contributed by atoms with Crippen molar-refractivity contribution in [2.24, 2.45) is 5.92 Å². The van der Waals surface area contributed by atoms with Gasteiger partial charge in [-0.05, 0) is 50.0 Å². The van der Waals surface area contributed by atoms with E-state index in [9.17, 15) is 22.0 Å². The van der Waals surface area contributed by atoms with E-state index in [2.05, 4.69) is 5.32 Å². The molecule has 24 heavy (non-hydrogen) atoms. The molecule has 1 N–H and O–H groups in total. The van der Waals surface area contributed by atoms with Crippen molar-refractivity contribution in [3.8, 4) is 0 Å². The lowest BCUT2D eigenvalue weighted by Gasteiger charge is -2.32. The van der Waals surface area contributed by atoms with Crippen LogP contribution in [0.5, 0.6) is 0 Å². The van der Waals surface area contributed by atoms with Crippen LogP contribution in [0.2, 0.25) is 0 Å². The molecule has 1 aliphatic rings. The van der Waals surface area contributed by atoms with Gasteiger partial charge in [0.15, 0.2) is 0 Å². The van der Waals surface area contributed by atoms with Crippen molar-refractivity contribution >= 4 is 15.7 Å². The van der Waals surface area contributed by atoms with Crippen molar-refractivity contribution in [3.05, 3.63) is 29.8 Å². The zero-order chi connectivity index (χ0) is 17.7. The maximum absolute atomic E-state index is 12.5. The van der Waals surface area contributed by atoms with Crippen molar-refractivity contribution in [1.82, 2.24) is 10.2 Å². The number of amides is 1. The van der Waals surface area contributed by atoms with Crippen LogP contribution in [0.1, 0.15) is 18.4 Å². The molecule has 0 radical (unpaired) electrons. The van der Waals surface area contributed by atoms with E-state index < -0.39 is 20.5 Å². The summed E-state index contributed by atoms with van der Waals surface area (Å²) in [4.78, 5) is 13.7. The average molecular weight is 360 g/mol. The molecular weight excluding hydrogens is 338 g/mol. The highest BCUT2D eigenvalue weighted by Gasteiger charge is 2.26. The maximum atomic E-state index is 12.5. The quantitative estimate of drug-likeness (QED) is 0.838. The minimum Gasteiger partial charge on any atom is -0.342 e. The van der Waals surface area contributed by atoms with E-state index in [1.165, 1.54) is 12.1 Å². The molecular formula is C16H22F2N2O3S. The number of carbonyl (C=O) groups excluding carboxylic acids is 1. The number of sulfone groups is 1. The van der Waals surface area contributed by atoms with Gasteiger partial charge in [0.25, 0.3) is 0 Å². The van der Waals surface area contributed by atoms with E-state index in [0.29, 0.717) is 24.6 Å². The lowest BCUT2D eigenvalue weighted by Crippen LogP contribution is -2.41. The molecule has 0 aliphatic carbocycles. The monoisotopic (exact) mass is 360 g/mol. The van der Waals surface area contributed by atoms with Gasteiger partial charge in [0.1, 0.15) is 0 Å². The van der Waals surface area contributed by atoms with Crippen LogP contribution in [0, 0.1) is 5.92 Å². The molecule has 0 bridgehead atoms. The number of alkyl halides is 2. The highest BCUT2D eigenvalue weighted by atomic mass is 32.2. The number of hydrogen-bond donors (Lipinski definition) is 1. The van der Waals surface area contributed by atoms with Gasteiger partial charge in [0.05, 0.1) is 11.3 Å². The van der Waals surface area contributed by atoms with Crippen molar-refractivity contribution in [1.29, 1.82) is 0 Å². The molecule has 0 atom stereocenters. The van der Waals surface area contributed by atoms with E-state index in [-0.39, 0.29) is 12.3 Å². The smallest absolute Gasteiger partial charge is 0.341 e. The third-order valence-corrected chi connectivity index (χ3v) is 5.70. The topological polar surface area (TPSA) is 66.5 Å². The third kappa shape index (κ3) is 4.51. The molecule has 0 unspecified atom stereocenters. The number of rotatable bonds is 6. The molecule has 0 saturated carbocycles. The molecule has 1 fully saturated rings. The van der Waals surface area contributed by atoms with Crippen molar-refractivity contribution in [2.45, 2.75) is 29.9 Å². The Hall–Kier alpha value is -1.54. The number of halogens is 2. The summed E-state index contributed by atoms with van der Waals surface area (Å²) in [5, 5.41) is 3.14. The minimum absolute atomic E-state index is 0.0256. The molecule has 0 aromatic heterocycles. The van der Waals surface area contributed by atoms with Gasteiger partial charge < -0.3 is 10.2 Å². The number of carbonyl (C=O) groups is 1. The van der Waals surface area contributed by atoms with Crippen molar-refractivity contribution in [2.75, 3.05) is 26.7 Å². The first kappa shape index (κ1) is 18.8. The van der Waals surface area contributed by atoms with Crippen molar-refractivity contribution in [3.63, 3.8) is 0 Å². The van der Waals surface area contributed by atoms with Gasteiger partial charge in [-0.15, -0.1) is 0 Å². The zero-order valence-corrected chi connectivity index (χ0v) is 14.4. The number of nitrogens with zero attached hydrogens (tertiary/aromatic N) is 1. The Morgan fingerprint density at radius 3 is 2.33 bits per heavy atom. The Balaban J connectivity index is 1.93. The van der Waals surface area contributed by atoms with Gasteiger partial charge in [0, 0.05) is 13.1 Å². The molecule has 1 aromatic rings. The second kappa shape index (κ2) is 8.02. The summed E-state index contributed by atoms with van der Waals surface area (Å²) in [5.74, 6) is -2.89. The lowest BCUT2D eigenvalue weighted by molar-refractivity contribution is -0.131. The van der Waals surface area contributed by atoms with Gasteiger partial charge in [-0.1, -0.05) is 12.1 Å². The molecule has 5 nitrogen and oxygen atoms in total. The Kier molecular flexibility index (Phi) is 6.28. The van der Waals surface area contributed by atoms with Crippen LogP contribution in [0.4, 0.5) is 8.78 Å². The van der Waals surface area contributed by atoms with E-state index in [0.717, 1.165) is 31.5 Å². The fourth-order valence-electron chi connectivity index (χ4n) is 2.86. The number of benzene rings is 1. The molecule has 2 rings (SSSR count). The first-order chi connectivity index (χ1) is 11.3. The zero-order valence-electron chi connectivity index (χ0n) is 13.5. The van der Waals surface area contributed by atoms with Gasteiger partial charge in [-0.2, -0.15) is 8.78 Å². The Labute approximate surface area is 141 Å². The van der Waals surface area contributed by atoms with Crippen LogP contribution in [0.3, 0.4) is 0 Å². The molecule has 1 heterocycles. The van der Waals surface area contributed by atoms with E-state index >= 15 is 0 Å². The van der Waals surface area contributed by atoms with Crippen LogP contribution in [0.15, 0.2) is 29.2 Å². The average Bonchev–Trinajstić information content (AvgIpc) is 2.56. The second-order valence-corrected chi connectivity index (χ2v) is 7.93. The van der Waals surface area contributed by atoms with Gasteiger partial charge >= 0.3 is 5.76 Å². The van der Waals surface area contributed by atoms with Crippen LogP contribution in [0.25, 0.3) is 0 Å². The number of piperidine rings is 1. The SMILES string of the molecule is CNCC1CCN(C(=O)Cc2ccc(S(=O)(=O)C(F)F)cc2)CC1. The van der Waals surface area contributed by atoms with E-state index in [1.807, 2.05) is 7.05 Å². The third-order valence-electron chi connectivity index (χ3n) is 4.30. The fraction of sp³-hybridized carbons (Fsp3) is 0.562. The van der Waals surface area contributed by atoms with Crippen molar-refractivity contribution < 1.29 is 22.0 Å². The predicted octanol–water partition coefficient (Wildman–Crippen LogP) is 1.68. The summed E-state index contributed by atoms with van der Waals surface area (Å²) in [6.07, 6.45) is 2.06. The summed E-state index contributed by atoms with van der Waals surface area (Å²) in [6.45, 7) is 2.37. The summed E-state index contributed by atoms with van der Waals surface area (Å²) in [7, 11) is -2.68. The van der Waals surface area contributed by atoms with Crippen LogP contribution in [-0.2, 0) is 21.1 Å². The van der Waals surface area contributed by atoms with Crippen LogP contribution >= 0.6 is 0 Å².